The van der Waals surface area contributed by atoms with Crippen molar-refractivity contribution in [1.29, 1.82) is 0 Å². The molecule has 1 amide bonds. The van der Waals surface area contributed by atoms with Crippen molar-refractivity contribution in [3.8, 4) is 0 Å². The molecule has 0 aliphatic heterocycles. The minimum Gasteiger partial charge on any atom is -0.368 e. The Bertz CT molecular complexity index is 337. The van der Waals surface area contributed by atoms with Gasteiger partial charge in [-0.1, -0.05) is 12.1 Å². The number of hydrogen-bond acceptors (Lipinski definition) is 2. The highest BCUT2D eigenvalue weighted by Gasteiger charge is 2.14. The van der Waals surface area contributed by atoms with Crippen molar-refractivity contribution in [3.05, 3.63) is 35.6 Å². The van der Waals surface area contributed by atoms with Gasteiger partial charge in [0.2, 0.25) is 5.91 Å². The van der Waals surface area contributed by atoms with E-state index in [0.29, 0.717) is 6.54 Å². The lowest BCUT2D eigenvalue weighted by molar-refractivity contribution is -0.122. The lowest BCUT2D eigenvalue weighted by atomic mass is 10.2. The summed E-state index contributed by atoms with van der Waals surface area (Å²) in [6.45, 7) is 2.32. The van der Waals surface area contributed by atoms with E-state index in [0.717, 1.165) is 5.56 Å². The molecule has 0 unspecified atom stereocenters. The van der Waals surface area contributed by atoms with Gasteiger partial charge in [-0.15, -0.1) is 0 Å². The Kier molecular flexibility index (Phi) is 3.80. The van der Waals surface area contributed by atoms with E-state index < -0.39 is 0 Å². The first-order valence-electron chi connectivity index (χ1n) is 4.74. The molecule has 1 atom stereocenters. The zero-order valence-corrected chi connectivity index (χ0v) is 8.90. The number of nitrogens with zero attached hydrogens (tertiary/aromatic N) is 1. The number of primary amides is 1. The van der Waals surface area contributed by atoms with Gasteiger partial charge in [-0.25, -0.2) is 4.39 Å². The van der Waals surface area contributed by atoms with Gasteiger partial charge in [0.15, 0.2) is 0 Å². The molecule has 1 aromatic carbocycles. The molecule has 82 valence electrons. The van der Waals surface area contributed by atoms with Gasteiger partial charge in [-0.3, -0.25) is 9.69 Å². The molecule has 0 saturated carbocycles. The molecule has 15 heavy (non-hydrogen) atoms. The Balaban J connectivity index is 2.62. The van der Waals surface area contributed by atoms with Gasteiger partial charge in [0.1, 0.15) is 5.82 Å². The highest BCUT2D eigenvalue weighted by molar-refractivity contribution is 5.79. The lowest BCUT2D eigenvalue weighted by Crippen LogP contribution is -2.39. The van der Waals surface area contributed by atoms with Crippen LogP contribution in [0, 0.1) is 5.82 Å². The average molecular weight is 210 g/mol. The Hall–Kier alpha value is -1.42. The lowest BCUT2D eigenvalue weighted by Gasteiger charge is -2.21. The van der Waals surface area contributed by atoms with E-state index in [-0.39, 0.29) is 17.8 Å². The number of carbonyl (C=O) groups is 1. The Morgan fingerprint density at radius 2 is 2.00 bits per heavy atom. The van der Waals surface area contributed by atoms with E-state index in [2.05, 4.69) is 0 Å². The third-order valence-electron chi connectivity index (χ3n) is 2.42. The normalized spacial score (nSPS) is 12.8. The van der Waals surface area contributed by atoms with Crippen LogP contribution in [0.25, 0.3) is 0 Å². The molecule has 0 aliphatic rings. The zero-order valence-electron chi connectivity index (χ0n) is 8.90. The van der Waals surface area contributed by atoms with Crippen molar-refractivity contribution in [2.24, 2.45) is 5.73 Å². The van der Waals surface area contributed by atoms with Gasteiger partial charge in [-0.2, -0.15) is 0 Å². The van der Waals surface area contributed by atoms with Crippen LogP contribution < -0.4 is 5.73 Å². The summed E-state index contributed by atoms with van der Waals surface area (Å²) in [5.41, 5.74) is 6.12. The van der Waals surface area contributed by atoms with Crippen LogP contribution >= 0.6 is 0 Å². The van der Waals surface area contributed by atoms with Crippen LogP contribution in [0.5, 0.6) is 0 Å². The third-order valence-corrected chi connectivity index (χ3v) is 2.42. The van der Waals surface area contributed by atoms with Gasteiger partial charge in [0, 0.05) is 6.54 Å². The summed E-state index contributed by atoms with van der Waals surface area (Å²) >= 11 is 0. The number of amides is 1. The van der Waals surface area contributed by atoms with Crippen LogP contribution in [0.2, 0.25) is 0 Å². The summed E-state index contributed by atoms with van der Waals surface area (Å²) in [5.74, 6) is -0.621. The molecule has 3 nitrogen and oxygen atoms in total. The van der Waals surface area contributed by atoms with Crippen molar-refractivity contribution in [2.75, 3.05) is 7.05 Å². The summed E-state index contributed by atoms with van der Waals surface area (Å²) in [6.07, 6.45) is 0. The van der Waals surface area contributed by atoms with Gasteiger partial charge in [0.25, 0.3) is 0 Å². The maximum absolute atomic E-state index is 12.6. The number of nitrogens with two attached hydrogens (primary N) is 1. The second-order valence-corrected chi connectivity index (χ2v) is 3.62. The maximum Gasteiger partial charge on any atom is 0.234 e. The maximum atomic E-state index is 12.6. The van der Waals surface area contributed by atoms with Crippen molar-refractivity contribution in [3.63, 3.8) is 0 Å². The fraction of sp³-hybridized carbons (Fsp3) is 0.364. The summed E-state index contributed by atoms with van der Waals surface area (Å²) in [6, 6.07) is 5.87. The van der Waals surface area contributed by atoms with E-state index in [1.54, 1.807) is 26.1 Å². The Labute approximate surface area is 88.7 Å². The summed E-state index contributed by atoms with van der Waals surface area (Å²) in [5, 5.41) is 0. The fourth-order valence-electron chi connectivity index (χ4n) is 1.23. The first kappa shape index (κ1) is 11.7. The zero-order chi connectivity index (χ0) is 11.4. The summed E-state index contributed by atoms with van der Waals surface area (Å²) in [4.78, 5) is 12.7. The van der Waals surface area contributed by atoms with E-state index in [1.807, 2.05) is 4.90 Å². The van der Waals surface area contributed by atoms with Crippen LogP contribution in [0.3, 0.4) is 0 Å². The summed E-state index contributed by atoms with van der Waals surface area (Å²) in [7, 11) is 1.80. The van der Waals surface area contributed by atoms with Crippen LogP contribution in [0.1, 0.15) is 12.5 Å². The predicted octanol–water partition coefficient (Wildman–Crippen LogP) is 1.13. The molecule has 1 rings (SSSR count). The topological polar surface area (TPSA) is 46.3 Å². The standard InChI is InChI=1S/C11H15FN2O/c1-8(11(13)15)14(2)7-9-3-5-10(12)6-4-9/h3-6,8H,7H2,1-2H3,(H2,13,15)/t8-/m0/s1. The average Bonchev–Trinajstić information content (AvgIpc) is 2.20. The smallest absolute Gasteiger partial charge is 0.234 e. The van der Waals surface area contributed by atoms with Gasteiger partial charge in [0.05, 0.1) is 6.04 Å². The van der Waals surface area contributed by atoms with E-state index in [1.165, 1.54) is 12.1 Å². The van der Waals surface area contributed by atoms with Crippen LogP contribution in [-0.4, -0.2) is 23.9 Å². The van der Waals surface area contributed by atoms with Gasteiger partial charge in [-0.05, 0) is 31.7 Å². The minimum absolute atomic E-state index is 0.260. The highest BCUT2D eigenvalue weighted by Crippen LogP contribution is 2.07. The second kappa shape index (κ2) is 4.89. The molecular weight excluding hydrogens is 195 g/mol. The number of benzene rings is 1. The molecule has 0 aliphatic carbocycles. The van der Waals surface area contributed by atoms with Crippen molar-refractivity contribution < 1.29 is 9.18 Å². The molecule has 0 spiro atoms. The number of hydrogen-bond donors (Lipinski definition) is 1. The first-order valence-corrected chi connectivity index (χ1v) is 4.74. The molecule has 4 heteroatoms. The van der Waals surface area contributed by atoms with Crippen LogP contribution in [0.4, 0.5) is 4.39 Å². The summed E-state index contributed by atoms with van der Waals surface area (Å²) < 4.78 is 12.6. The molecule has 1 aromatic rings. The van der Waals surface area contributed by atoms with Crippen LogP contribution in [-0.2, 0) is 11.3 Å². The highest BCUT2D eigenvalue weighted by atomic mass is 19.1. The predicted molar refractivity (Wildman–Crippen MR) is 56.5 cm³/mol. The van der Waals surface area contributed by atoms with Crippen molar-refractivity contribution >= 4 is 5.91 Å². The first-order chi connectivity index (χ1) is 7.00. The van der Waals surface area contributed by atoms with E-state index >= 15 is 0 Å². The second-order valence-electron chi connectivity index (χ2n) is 3.62. The SMILES string of the molecule is C[C@@H](C(N)=O)N(C)Cc1ccc(F)cc1. The van der Waals surface area contributed by atoms with Crippen molar-refractivity contribution in [2.45, 2.75) is 19.5 Å². The van der Waals surface area contributed by atoms with E-state index in [9.17, 15) is 9.18 Å². The van der Waals surface area contributed by atoms with Crippen molar-refractivity contribution in [1.82, 2.24) is 4.90 Å². The third kappa shape index (κ3) is 3.32. The molecule has 0 saturated heterocycles. The number of likely N-dealkylation sites (N-methyl/N-ethyl adjacent to an activating group) is 1. The number of carbonyl (C=O) groups excluding carboxylic acids is 1. The van der Waals surface area contributed by atoms with Gasteiger partial charge < -0.3 is 5.73 Å². The van der Waals surface area contributed by atoms with Gasteiger partial charge >= 0.3 is 0 Å². The Morgan fingerprint density at radius 1 is 1.47 bits per heavy atom. The number of halogens is 1. The van der Waals surface area contributed by atoms with Crippen LogP contribution in [0.15, 0.2) is 24.3 Å². The van der Waals surface area contributed by atoms with E-state index in [4.69, 9.17) is 5.73 Å². The largest absolute Gasteiger partial charge is 0.368 e. The molecule has 2 N–H and O–H groups in total. The quantitative estimate of drug-likeness (QED) is 0.809. The molecule has 0 radical (unpaired) electrons. The minimum atomic E-state index is -0.361. The fourth-order valence-corrected chi connectivity index (χ4v) is 1.23. The molecule has 0 fully saturated rings. The molecule has 0 bridgehead atoms. The number of rotatable bonds is 4. The Morgan fingerprint density at radius 3 is 2.47 bits per heavy atom. The molecular formula is C11H15FN2O. The molecule has 0 aromatic heterocycles. The molecule has 0 heterocycles. The monoisotopic (exact) mass is 210 g/mol.